The Morgan fingerprint density at radius 2 is 1.84 bits per heavy atom. The van der Waals surface area contributed by atoms with Gasteiger partial charge in [0.15, 0.2) is 0 Å². The summed E-state index contributed by atoms with van der Waals surface area (Å²) in [5.41, 5.74) is 1.49. The highest BCUT2D eigenvalue weighted by molar-refractivity contribution is 7.89. The summed E-state index contributed by atoms with van der Waals surface area (Å²) in [6, 6.07) is 11.5. The van der Waals surface area contributed by atoms with E-state index in [1.54, 1.807) is 22.8 Å². The van der Waals surface area contributed by atoms with Gasteiger partial charge in [0.1, 0.15) is 0 Å². The maximum Gasteiger partial charge on any atom is 0.308 e. The highest BCUT2D eigenvalue weighted by Crippen LogP contribution is 2.27. The number of hydrogen-bond donors (Lipinski definition) is 1. The lowest BCUT2D eigenvalue weighted by molar-refractivity contribution is -0.120. The molecule has 4 rings (SSSR count). The molecule has 0 spiro atoms. The Morgan fingerprint density at radius 1 is 1.16 bits per heavy atom. The third-order valence-corrected chi connectivity index (χ3v) is 8.63. The van der Waals surface area contributed by atoms with E-state index < -0.39 is 10.0 Å². The second-order valence-corrected chi connectivity index (χ2v) is 10.8. The minimum absolute atomic E-state index is 0.0183. The molecular formula is C21H22ClN3O4S2. The molecule has 10 heteroatoms. The van der Waals surface area contributed by atoms with Gasteiger partial charge < -0.3 is 5.32 Å². The van der Waals surface area contributed by atoms with Crippen molar-refractivity contribution in [2.75, 3.05) is 18.4 Å². The molecule has 1 aliphatic rings. The molecule has 1 aliphatic heterocycles. The van der Waals surface area contributed by atoms with E-state index in [1.807, 2.05) is 19.1 Å². The van der Waals surface area contributed by atoms with Crippen molar-refractivity contribution in [3.05, 3.63) is 57.2 Å². The van der Waals surface area contributed by atoms with Crippen LogP contribution in [0.1, 0.15) is 19.8 Å². The number of fused-ring (bicyclic) bond motifs is 1. The first-order valence-corrected chi connectivity index (χ1v) is 12.6. The predicted molar refractivity (Wildman–Crippen MR) is 123 cm³/mol. The number of nitrogens with zero attached hydrogens (tertiary/aromatic N) is 2. The molecule has 7 nitrogen and oxygen atoms in total. The molecule has 1 aromatic heterocycles. The van der Waals surface area contributed by atoms with Crippen LogP contribution >= 0.6 is 22.9 Å². The highest BCUT2D eigenvalue weighted by Gasteiger charge is 2.32. The van der Waals surface area contributed by atoms with Gasteiger partial charge in [-0.25, -0.2) is 8.42 Å². The van der Waals surface area contributed by atoms with Crippen LogP contribution in [0.4, 0.5) is 5.69 Å². The van der Waals surface area contributed by atoms with Crippen LogP contribution in [0.25, 0.3) is 10.2 Å². The lowest BCUT2D eigenvalue weighted by Gasteiger charge is -2.30. The molecule has 0 aliphatic carbocycles. The van der Waals surface area contributed by atoms with Gasteiger partial charge in [0.05, 0.1) is 15.1 Å². The van der Waals surface area contributed by atoms with Crippen LogP contribution in [0.2, 0.25) is 5.02 Å². The fraction of sp³-hybridized carbons (Fsp3) is 0.333. The topological polar surface area (TPSA) is 88.5 Å². The number of hydrogen-bond acceptors (Lipinski definition) is 5. The van der Waals surface area contributed by atoms with Crippen LogP contribution in [0.15, 0.2) is 52.2 Å². The van der Waals surface area contributed by atoms with Crippen molar-refractivity contribution in [1.29, 1.82) is 0 Å². The standard InChI is InChI=1S/C21H22ClN3O4S2/c1-2-25-18-8-5-16(13-19(18)30-21(25)27)23-20(26)14-9-11-24(12-10-14)31(28,29)17-6-3-15(22)4-7-17/h3-8,13-14H,2,9-12H2,1H3,(H,23,26). The number of halogens is 1. The molecule has 1 saturated heterocycles. The van der Waals surface area contributed by atoms with Gasteiger partial charge in [-0.3, -0.25) is 14.2 Å². The van der Waals surface area contributed by atoms with Gasteiger partial charge in [-0.1, -0.05) is 22.9 Å². The Bertz CT molecular complexity index is 1270. The monoisotopic (exact) mass is 479 g/mol. The van der Waals surface area contributed by atoms with Gasteiger partial charge in [-0.05, 0) is 62.2 Å². The summed E-state index contributed by atoms with van der Waals surface area (Å²) in [5.74, 6) is -0.406. The summed E-state index contributed by atoms with van der Waals surface area (Å²) in [6.07, 6.45) is 0.890. The maximum atomic E-state index is 12.8. The fourth-order valence-corrected chi connectivity index (χ4v) is 6.39. The van der Waals surface area contributed by atoms with Gasteiger partial charge in [0.2, 0.25) is 15.9 Å². The molecule has 1 amide bonds. The van der Waals surface area contributed by atoms with E-state index in [9.17, 15) is 18.0 Å². The average molecular weight is 480 g/mol. The predicted octanol–water partition coefficient (Wildman–Crippen LogP) is 3.78. The zero-order valence-corrected chi connectivity index (χ0v) is 19.3. The molecule has 1 N–H and O–H groups in total. The zero-order valence-electron chi connectivity index (χ0n) is 16.9. The second-order valence-electron chi connectivity index (χ2n) is 7.42. The zero-order chi connectivity index (χ0) is 22.2. The summed E-state index contributed by atoms with van der Waals surface area (Å²) in [7, 11) is -3.60. The third-order valence-electron chi connectivity index (χ3n) is 5.53. The Hall–Kier alpha value is -2.20. The molecule has 0 saturated carbocycles. The number of carbonyl (C=O) groups is 1. The minimum atomic E-state index is -3.60. The SMILES string of the molecule is CCn1c(=O)sc2cc(NC(=O)C3CCN(S(=O)(=O)c4ccc(Cl)cc4)CC3)ccc21. The lowest BCUT2D eigenvalue weighted by Crippen LogP contribution is -2.41. The fourth-order valence-electron chi connectivity index (χ4n) is 3.80. The number of benzene rings is 2. The van der Waals surface area contributed by atoms with Crippen LogP contribution in [-0.4, -0.2) is 36.3 Å². The Labute approximate surface area is 189 Å². The van der Waals surface area contributed by atoms with Crippen LogP contribution in [-0.2, 0) is 21.4 Å². The Morgan fingerprint density at radius 3 is 2.48 bits per heavy atom. The van der Waals surface area contributed by atoms with E-state index in [4.69, 9.17) is 11.6 Å². The van der Waals surface area contributed by atoms with Gasteiger partial charge in [-0.15, -0.1) is 0 Å². The van der Waals surface area contributed by atoms with Crippen molar-refractivity contribution in [2.45, 2.75) is 31.2 Å². The molecule has 0 atom stereocenters. The number of rotatable bonds is 5. The van der Waals surface area contributed by atoms with Crippen molar-refractivity contribution < 1.29 is 13.2 Å². The van der Waals surface area contributed by atoms with Gasteiger partial charge in [0.25, 0.3) is 0 Å². The lowest BCUT2D eigenvalue weighted by atomic mass is 9.97. The molecule has 2 heterocycles. The van der Waals surface area contributed by atoms with Gasteiger partial charge in [-0.2, -0.15) is 4.31 Å². The summed E-state index contributed by atoms with van der Waals surface area (Å²) < 4.78 is 29.5. The van der Waals surface area contributed by atoms with E-state index >= 15 is 0 Å². The number of amides is 1. The molecule has 31 heavy (non-hydrogen) atoms. The quantitative estimate of drug-likeness (QED) is 0.603. The number of nitrogens with one attached hydrogen (secondary N) is 1. The van der Waals surface area contributed by atoms with E-state index in [-0.39, 0.29) is 34.7 Å². The van der Waals surface area contributed by atoms with Crippen molar-refractivity contribution in [2.24, 2.45) is 5.92 Å². The molecule has 2 aromatic carbocycles. The smallest absolute Gasteiger partial charge is 0.308 e. The summed E-state index contributed by atoms with van der Waals surface area (Å²) in [4.78, 5) is 24.9. The van der Waals surface area contributed by atoms with Crippen molar-refractivity contribution in [1.82, 2.24) is 8.87 Å². The van der Waals surface area contributed by atoms with E-state index in [0.29, 0.717) is 30.1 Å². The highest BCUT2D eigenvalue weighted by atomic mass is 35.5. The van der Waals surface area contributed by atoms with Crippen LogP contribution in [0.5, 0.6) is 0 Å². The van der Waals surface area contributed by atoms with Crippen molar-refractivity contribution >= 4 is 54.8 Å². The first kappa shape index (κ1) is 22.0. The average Bonchev–Trinajstić information content (AvgIpc) is 3.08. The third kappa shape index (κ3) is 4.41. The second kappa shape index (κ2) is 8.74. The minimum Gasteiger partial charge on any atom is -0.326 e. The molecule has 0 bridgehead atoms. The number of aryl methyl sites for hydroxylation is 1. The van der Waals surface area contributed by atoms with Gasteiger partial charge in [0, 0.05) is 36.3 Å². The number of anilines is 1. The maximum absolute atomic E-state index is 12.8. The molecule has 1 fully saturated rings. The van der Waals surface area contributed by atoms with E-state index in [1.165, 1.54) is 16.4 Å². The van der Waals surface area contributed by atoms with Crippen LogP contribution in [0, 0.1) is 5.92 Å². The van der Waals surface area contributed by atoms with Crippen LogP contribution < -0.4 is 10.2 Å². The summed E-state index contributed by atoms with van der Waals surface area (Å²) >= 11 is 7.00. The molecule has 0 unspecified atom stereocenters. The largest absolute Gasteiger partial charge is 0.326 e. The molecule has 0 radical (unpaired) electrons. The number of thiazole rings is 1. The number of aromatic nitrogens is 1. The van der Waals surface area contributed by atoms with Gasteiger partial charge >= 0.3 is 4.87 Å². The molecule has 164 valence electrons. The Kier molecular flexibility index (Phi) is 6.20. The van der Waals surface area contributed by atoms with Crippen molar-refractivity contribution in [3.63, 3.8) is 0 Å². The number of sulfonamides is 1. The first-order chi connectivity index (χ1) is 14.8. The number of piperidine rings is 1. The van der Waals surface area contributed by atoms with Crippen molar-refractivity contribution in [3.8, 4) is 0 Å². The molecule has 3 aromatic rings. The van der Waals surface area contributed by atoms with E-state index in [2.05, 4.69) is 5.32 Å². The normalized spacial score (nSPS) is 15.9. The van der Waals surface area contributed by atoms with Crippen LogP contribution in [0.3, 0.4) is 0 Å². The summed E-state index contributed by atoms with van der Waals surface area (Å²) in [5, 5.41) is 3.39. The summed E-state index contributed by atoms with van der Waals surface area (Å²) in [6.45, 7) is 3.08. The molecular weight excluding hydrogens is 458 g/mol. The first-order valence-electron chi connectivity index (χ1n) is 9.99. The Balaban J connectivity index is 1.41. The van der Waals surface area contributed by atoms with E-state index in [0.717, 1.165) is 21.6 Å². The number of carbonyl (C=O) groups excluding carboxylic acids is 1.